The summed E-state index contributed by atoms with van der Waals surface area (Å²) < 4.78 is 37.6. The maximum Gasteiger partial charge on any atom is 0.266 e. The van der Waals surface area contributed by atoms with E-state index in [2.05, 4.69) is 10.0 Å². The molecule has 1 aromatic heterocycles. The molecule has 1 heterocycles. The molecule has 1 amide bonds. The lowest BCUT2D eigenvalue weighted by molar-refractivity contribution is -0.112. The van der Waals surface area contributed by atoms with Crippen molar-refractivity contribution in [1.82, 2.24) is 4.72 Å². The van der Waals surface area contributed by atoms with Gasteiger partial charge in [-0.1, -0.05) is 24.3 Å². The Morgan fingerprint density at radius 3 is 2.61 bits per heavy atom. The van der Waals surface area contributed by atoms with Crippen LogP contribution in [0.25, 0.3) is 6.08 Å². The molecular weight excluding hydrogens is 418 g/mol. The van der Waals surface area contributed by atoms with E-state index in [1.807, 2.05) is 6.07 Å². The number of nitrogens with one attached hydrogen (secondary N) is 2. The minimum absolute atomic E-state index is 0.0804. The third-order valence-electron chi connectivity index (χ3n) is 4.15. The second kappa shape index (κ2) is 9.75. The highest BCUT2D eigenvalue weighted by Gasteiger charge is 2.15. The van der Waals surface area contributed by atoms with E-state index in [4.69, 9.17) is 9.15 Å². The van der Waals surface area contributed by atoms with E-state index in [9.17, 15) is 18.5 Å². The van der Waals surface area contributed by atoms with Gasteiger partial charge in [0.15, 0.2) is 0 Å². The first-order valence-electron chi connectivity index (χ1n) is 9.12. The molecule has 3 aromatic rings. The molecule has 3 rings (SSSR count). The van der Waals surface area contributed by atoms with E-state index >= 15 is 0 Å². The Morgan fingerprint density at radius 1 is 1.13 bits per heavy atom. The molecule has 8 nitrogen and oxygen atoms in total. The van der Waals surface area contributed by atoms with Crippen molar-refractivity contribution in [2.45, 2.75) is 11.4 Å². The Bertz CT molecular complexity index is 1240. The SMILES string of the molecule is COc1cccc(NC(=O)/C(C#N)=C\c2ccc(CNS(=O)(=O)c3ccccc3)o2)c1. The van der Waals surface area contributed by atoms with Crippen molar-refractivity contribution >= 4 is 27.7 Å². The van der Waals surface area contributed by atoms with Crippen molar-refractivity contribution in [3.05, 3.63) is 83.8 Å². The molecule has 31 heavy (non-hydrogen) atoms. The van der Waals surface area contributed by atoms with Crippen LogP contribution < -0.4 is 14.8 Å². The molecule has 0 fully saturated rings. The number of carbonyl (C=O) groups excluding carboxylic acids is 1. The van der Waals surface area contributed by atoms with Crippen LogP contribution in [0.1, 0.15) is 11.5 Å². The molecule has 0 unspecified atom stereocenters. The van der Waals surface area contributed by atoms with Crippen molar-refractivity contribution in [3.63, 3.8) is 0 Å². The molecule has 0 bridgehead atoms. The average molecular weight is 437 g/mol. The molecule has 0 radical (unpaired) electrons. The fraction of sp³-hybridized carbons (Fsp3) is 0.0909. The molecule has 2 aromatic carbocycles. The number of furan rings is 1. The van der Waals surface area contributed by atoms with Gasteiger partial charge in [-0.25, -0.2) is 13.1 Å². The van der Waals surface area contributed by atoms with Gasteiger partial charge in [0.25, 0.3) is 5.91 Å². The second-order valence-corrected chi connectivity index (χ2v) is 8.06. The number of nitrogens with zero attached hydrogens (tertiary/aromatic N) is 1. The molecule has 0 aliphatic heterocycles. The first-order valence-corrected chi connectivity index (χ1v) is 10.6. The van der Waals surface area contributed by atoms with Gasteiger partial charge in [0, 0.05) is 17.8 Å². The average Bonchev–Trinajstić information content (AvgIpc) is 3.24. The number of hydrogen-bond acceptors (Lipinski definition) is 6. The molecule has 0 aliphatic rings. The van der Waals surface area contributed by atoms with Crippen LogP contribution >= 0.6 is 0 Å². The fourth-order valence-electron chi connectivity index (χ4n) is 2.61. The van der Waals surface area contributed by atoms with Gasteiger partial charge in [-0.3, -0.25) is 4.79 Å². The third kappa shape index (κ3) is 5.82. The maximum atomic E-state index is 12.4. The minimum atomic E-state index is -3.68. The molecule has 9 heteroatoms. The molecule has 0 spiro atoms. The number of nitriles is 1. The number of sulfonamides is 1. The zero-order valence-electron chi connectivity index (χ0n) is 16.5. The van der Waals surface area contributed by atoms with E-state index in [1.54, 1.807) is 54.6 Å². The molecular formula is C22H19N3O5S. The van der Waals surface area contributed by atoms with Crippen LogP contribution in [0, 0.1) is 11.3 Å². The second-order valence-electron chi connectivity index (χ2n) is 6.30. The first-order chi connectivity index (χ1) is 14.9. The van der Waals surface area contributed by atoms with Crippen molar-refractivity contribution in [1.29, 1.82) is 5.26 Å². The van der Waals surface area contributed by atoms with E-state index in [-0.39, 0.29) is 22.8 Å². The predicted molar refractivity (Wildman–Crippen MR) is 114 cm³/mol. The van der Waals surface area contributed by atoms with Crippen LogP contribution in [0.15, 0.2) is 81.6 Å². The van der Waals surface area contributed by atoms with Gasteiger partial charge in [0.05, 0.1) is 18.6 Å². The summed E-state index contributed by atoms with van der Waals surface area (Å²) in [6.45, 7) is -0.0804. The van der Waals surface area contributed by atoms with Crippen LogP contribution in [0.2, 0.25) is 0 Å². The first kappa shape index (κ1) is 21.8. The zero-order chi connectivity index (χ0) is 22.3. The summed E-state index contributed by atoms with van der Waals surface area (Å²) in [5.41, 5.74) is 0.300. The third-order valence-corrected chi connectivity index (χ3v) is 5.57. The topological polar surface area (TPSA) is 121 Å². The Morgan fingerprint density at radius 2 is 1.90 bits per heavy atom. The van der Waals surface area contributed by atoms with Crippen LogP contribution in [0.5, 0.6) is 5.75 Å². The lowest BCUT2D eigenvalue weighted by Crippen LogP contribution is -2.22. The van der Waals surface area contributed by atoms with Gasteiger partial charge >= 0.3 is 0 Å². The summed E-state index contributed by atoms with van der Waals surface area (Å²) in [5, 5.41) is 12.0. The summed E-state index contributed by atoms with van der Waals surface area (Å²) in [4.78, 5) is 12.5. The number of hydrogen-bond donors (Lipinski definition) is 2. The van der Waals surface area contributed by atoms with Crippen LogP contribution in [-0.4, -0.2) is 21.4 Å². The lowest BCUT2D eigenvalue weighted by atomic mass is 10.2. The fourth-order valence-corrected chi connectivity index (χ4v) is 3.62. The van der Waals surface area contributed by atoms with E-state index < -0.39 is 15.9 Å². The number of benzene rings is 2. The van der Waals surface area contributed by atoms with Crippen molar-refractivity contribution in [2.75, 3.05) is 12.4 Å². The number of amides is 1. The van der Waals surface area contributed by atoms with Gasteiger partial charge in [-0.2, -0.15) is 5.26 Å². The number of ether oxygens (including phenoxy) is 1. The lowest BCUT2D eigenvalue weighted by Gasteiger charge is -2.06. The maximum absolute atomic E-state index is 12.4. The monoisotopic (exact) mass is 437 g/mol. The predicted octanol–water partition coefficient (Wildman–Crippen LogP) is 3.31. The minimum Gasteiger partial charge on any atom is -0.497 e. The van der Waals surface area contributed by atoms with Crippen molar-refractivity contribution in [3.8, 4) is 11.8 Å². The summed E-state index contributed by atoms with van der Waals surface area (Å²) >= 11 is 0. The highest BCUT2D eigenvalue weighted by molar-refractivity contribution is 7.89. The number of methoxy groups -OCH3 is 1. The Hall–Kier alpha value is -3.87. The number of anilines is 1. The van der Waals surface area contributed by atoms with E-state index in [1.165, 1.54) is 25.3 Å². The number of carbonyl (C=O) groups is 1. The van der Waals surface area contributed by atoms with Crippen LogP contribution in [0.3, 0.4) is 0 Å². The van der Waals surface area contributed by atoms with Crippen LogP contribution in [0.4, 0.5) is 5.69 Å². The van der Waals surface area contributed by atoms with Gasteiger partial charge in [0.1, 0.15) is 28.9 Å². The normalized spacial score (nSPS) is 11.5. The van der Waals surface area contributed by atoms with Gasteiger partial charge in [-0.15, -0.1) is 0 Å². The molecule has 0 saturated carbocycles. The Labute approximate surface area is 179 Å². The molecule has 158 valence electrons. The van der Waals surface area contributed by atoms with Crippen molar-refractivity contribution < 1.29 is 22.4 Å². The standard InChI is InChI=1S/C22H19N3O5S/c1-29-18-7-5-6-17(13-18)25-22(26)16(14-23)12-19-10-11-20(30-19)15-24-31(27,28)21-8-3-2-4-9-21/h2-13,24H,15H2,1H3,(H,25,26)/b16-12-. The Kier molecular flexibility index (Phi) is 6.87. The van der Waals surface area contributed by atoms with Crippen LogP contribution in [-0.2, 0) is 21.4 Å². The van der Waals surface area contributed by atoms with Gasteiger partial charge in [0.2, 0.25) is 10.0 Å². The van der Waals surface area contributed by atoms with E-state index in [0.717, 1.165) is 0 Å². The van der Waals surface area contributed by atoms with Gasteiger partial charge < -0.3 is 14.5 Å². The van der Waals surface area contributed by atoms with E-state index in [0.29, 0.717) is 17.2 Å². The Balaban J connectivity index is 1.67. The molecule has 0 atom stereocenters. The quantitative estimate of drug-likeness (QED) is 0.412. The highest BCUT2D eigenvalue weighted by atomic mass is 32.2. The zero-order valence-corrected chi connectivity index (χ0v) is 17.3. The highest BCUT2D eigenvalue weighted by Crippen LogP contribution is 2.18. The summed E-state index contributed by atoms with van der Waals surface area (Å²) in [5.74, 6) is 0.523. The molecule has 0 saturated heterocycles. The van der Waals surface area contributed by atoms with Gasteiger partial charge in [-0.05, 0) is 36.4 Å². The molecule has 2 N–H and O–H groups in total. The summed E-state index contributed by atoms with van der Waals surface area (Å²) in [7, 11) is -2.17. The number of rotatable bonds is 8. The summed E-state index contributed by atoms with van der Waals surface area (Å²) in [6.07, 6.45) is 1.28. The smallest absolute Gasteiger partial charge is 0.266 e. The summed E-state index contributed by atoms with van der Waals surface area (Å²) in [6, 6.07) is 19.6. The molecule has 0 aliphatic carbocycles. The largest absolute Gasteiger partial charge is 0.497 e. The van der Waals surface area contributed by atoms with Crippen molar-refractivity contribution in [2.24, 2.45) is 0 Å².